The van der Waals surface area contributed by atoms with E-state index in [4.69, 9.17) is 9.84 Å². The Bertz CT molecular complexity index is 881. The third-order valence-electron chi connectivity index (χ3n) is 4.67. The second-order valence-electron chi connectivity index (χ2n) is 8.35. The summed E-state index contributed by atoms with van der Waals surface area (Å²) < 4.78 is 6.79. The van der Waals surface area contributed by atoms with Gasteiger partial charge in [0, 0.05) is 32.1 Å². The van der Waals surface area contributed by atoms with Crippen LogP contribution in [0.5, 0.6) is 0 Å². The number of carbonyl (C=O) groups excluding carboxylic acids is 2. The van der Waals surface area contributed by atoms with Crippen LogP contribution in [0.4, 0.5) is 5.82 Å². The van der Waals surface area contributed by atoms with E-state index in [1.807, 2.05) is 32.0 Å². The molecule has 1 heterocycles. The van der Waals surface area contributed by atoms with Gasteiger partial charge in [-0.1, -0.05) is 38.5 Å². The predicted octanol–water partition coefficient (Wildman–Crippen LogP) is 3.22. The van der Waals surface area contributed by atoms with E-state index in [0.717, 1.165) is 22.5 Å². The van der Waals surface area contributed by atoms with E-state index in [0.29, 0.717) is 19.0 Å². The van der Waals surface area contributed by atoms with Gasteiger partial charge in [-0.15, -0.1) is 0 Å². The molecule has 1 N–H and O–H groups in total. The minimum Gasteiger partial charge on any atom is -0.383 e. The Morgan fingerprint density at radius 2 is 1.90 bits per heavy atom. The largest absolute Gasteiger partial charge is 0.383 e. The number of carbonyl (C=O) groups is 2. The molecule has 0 spiro atoms. The summed E-state index contributed by atoms with van der Waals surface area (Å²) in [6, 6.07) is 8.00. The van der Waals surface area contributed by atoms with Crippen LogP contribution < -0.4 is 5.32 Å². The van der Waals surface area contributed by atoms with Crippen molar-refractivity contribution in [2.75, 3.05) is 32.1 Å². The number of methoxy groups -OCH3 is 1. The zero-order valence-electron chi connectivity index (χ0n) is 18.5. The molecule has 0 aliphatic rings. The van der Waals surface area contributed by atoms with Crippen LogP contribution in [0.3, 0.4) is 0 Å². The van der Waals surface area contributed by atoms with Crippen molar-refractivity contribution in [2.24, 2.45) is 0 Å². The lowest BCUT2D eigenvalue weighted by Crippen LogP contribution is -2.38. The number of ether oxygens (including phenoxy) is 1. The number of aromatic nitrogens is 2. The van der Waals surface area contributed by atoms with Gasteiger partial charge in [-0.05, 0) is 25.5 Å². The number of rotatable bonds is 7. The SMILES string of the molecule is COCCN(CC(=O)Nc1cc(C(C)(C)C)nn1-c1ccc(C)cc1C)C(C)=O. The molecule has 0 saturated carbocycles. The van der Waals surface area contributed by atoms with Gasteiger partial charge < -0.3 is 15.0 Å². The van der Waals surface area contributed by atoms with Crippen molar-refractivity contribution >= 4 is 17.6 Å². The molecule has 1 aromatic carbocycles. The standard InChI is InChI=1S/C22H32N4O3/c1-15-8-9-18(16(2)12-15)26-20(13-19(24-26)22(4,5)6)23-21(28)14-25(17(3)27)10-11-29-7/h8-9,12-13H,10-11,14H2,1-7H3,(H,23,28). The molecular weight excluding hydrogens is 368 g/mol. The van der Waals surface area contributed by atoms with Crippen molar-refractivity contribution in [2.45, 2.75) is 47.0 Å². The Balaban J connectivity index is 2.34. The molecule has 0 radical (unpaired) electrons. The van der Waals surface area contributed by atoms with E-state index in [9.17, 15) is 9.59 Å². The fourth-order valence-corrected chi connectivity index (χ4v) is 2.97. The quantitative estimate of drug-likeness (QED) is 0.774. The average molecular weight is 401 g/mol. The molecule has 29 heavy (non-hydrogen) atoms. The zero-order valence-corrected chi connectivity index (χ0v) is 18.5. The van der Waals surface area contributed by atoms with E-state index in [-0.39, 0.29) is 23.8 Å². The van der Waals surface area contributed by atoms with Crippen molar-refractivity contribution in [3.63, 3.8) is 0 Å². The first kappa shape index (κ1) is 22.6. The van der Waals surface area contributed by atoms with Crippen molar-refractivity contribution in [3.05, 3.63) is 41.1 Å². The molecule has 0 bridgehead atoms. The number of nitrogens with one attached hydrogen (secondary N) is 1. The van der Waals surface area contributed by atoms with Gasteiger partial charge >= 0.3 is 0 Å². The molecule has 0 aliphatic carbocycles. The smallest absolute Gasteiger partial charge is 0.245 e. The number of hydrogen-bond acceptors (Lipinski definition) is 4. The molecule has 0 aliphatic heterocycles. The minimum atomic E-state index is -0.275. The molecule has 2 aromatic rings. The topological polar surface area (TPSA) is 76.5 Å². The highest BCUT2D eigenvalue weighted by Crippen LogP contribution is 2.27. The Kier molecular flexibility index (Phi) is 7.19. The molecule has 7 heteroatoms. The van der Waals surface area contributed by atoms with E-state index in [1.165, 1.54) is 11.8 Å². The van der Waals surface area contributed by atoms with Crippen molar-refractivity contribution in [1.82, 2.24) is 14.7 Å². The Morgan fingerprint density at radius 3 is 2.45 bits per heavy atom. The first-order chi connectivity index (χ1) is 13.5. The van der Waals surface area contributed by atoms with Crippen LogP contribution in [0.1, 0.15) is 44.5 Å². The van der Waals surface area contributed by atoms with E-state index in [2.05, 4.69) is 32.2 Å². The molecule has 158 valence electrons. The van der Waals surface area contributed by atoms with Crippen molar-refractivity contribution in [3.8, 4) is 5.69 Å². The maximum atomic E-state index is 12.7. The van der Waals surface area contributed by atoms with Crippen molar-refractivity contribution < 1.29 is 14.3 Å². The Labute approximate surface area is 173 Å². The normalized spacial score (nSPS) is 11.4. The van der Waals surface area contributed by atoms with Crippen LogP contribution >= 0.6 is 0 Å². The number of nitrogens with zero attached hydrogens (tertiary/aromatic N) is 3. The van der Waals surface area contributed by atoms with Gasteiger partial charge in [0.1, 0.15) is 5.82 Å². The van der Waals surface area contributed by atoms with E-state index in [1.54, 1.807) is 11.8 Å². The van der Waals surface area contributed by atoms with Crippen LogP contribution in [-0.2, 0) is 19.7 Å². The van der Waals surface area contributed by atoms with Gasteiger partial charge in [-0.2, -0.15) is 5.10 Å². The van der Waals surface area contributed by atoms with E-state index < -0.39 is 0 Å². The highest BCUT2D eigenvalue weighted by atomic mass is 16.5. The third-order valence-corrected chi connectivity index (χ3v) is 4.67. The van der Waals surface area contributed by atoms with Gasteiger partial charge in [0.2, 0.25) is 11.8 Å². The second-order valence-corrected chi connectivity index (χ2v) is 8.35. The van der Waals surface area contributed by atoms with Crippen LogP contribution in [0.25, 0.3) is 5.69 Å². The third kappa shape index (κ3) is 5.90. The molecule has 2 amide bonds. The van der Waals surface area contributed by atoms with Gasteiger partial charge in [0.05, 0.1) is 24.5 Å². The first-order valence-corrected chi connectivity index (χ1v) is 9.75. The molecule has 0 unspecified atom stereocenters. The number of aryl methyl sites for hydroxylation is 2. The highest BCUT2D eigenvalue weighted by molar-refractivity contribution is 5.94. The lowest BCUT2D eigenvalue weighted by Gasteiger charge is -2.20. The summed E-state index contributed by atoms with van der Waals surface area (Å²) in [4.78, 5) is 26.0. The molecule has 0 atom stereocenters. The Hall–Kier alpha value is -2.67. The summed E-state index contributed by atoms with van der Waals surface area (Å²) in [7, 11) is 1.56. The van der Waals surface area contributed by atoms with Crippen LogP contribution in [-0.4, -0.2) is 53.3 Å². The van der Waals surface area contributed by atoms with E-state index >= 15 is 0 Å². The Morgan fingerprint density at radius 1 is 1.21 bits per heavy atom. The van der Waals surface area contributed by atoms with Gasteiger partial charge in [0.15, 0.2) is 0 Å². The summed E-state index contributed by atoms with van der Waals surface area (Å²) in [5.41, 5.74) is 3.83. The average Bonchev–Trinajstić information content (AvgIpc) is 3.02. The maximum Gasteiger partial charge on any atom is 0.245 e. The molecule has 0 saturated heterocycles. The fourth-order valence-electron chi connectivity index (χ4n) is 2.97. The van der Waals surface area contributed by atoms with Crippen LogP contribution in [0, 0.1) is 13.8 Å². The highest BCUT2D eigenvalue weighted by Gasteiger charge is 2.23. The minimum absolute atomic E-state index is 0.0401. The molecule has 1 aromatic heterocycles. The second kappa shape index (κ2) is 9.22. The summed E-state index contributed by atoms with van der Waals surface area (Å²) in [5, 5.41) is 7.69. The predicted molar refractivity (Wildman–Crippen MR) is 114 cm³/mol. The summed E-state index contributed by atoms with van der Waals surface area (Å²) in [5.74, 6) is 0.139. The molecule has 2 rings (SSSR count). The van der Waals surface area contributed by atoms with Crippen molar-refractivity contribution in [1.29, 1.82) is 0 Å². The number of amides is 2. The van der Waals surface area contributed by atoms with Crippen LogP contribution in [0.2, 0.25) is 0 Å². The molecule has 0 fully saturated rings. The lowest BCUT2D eigenvalue weighted by atomic mass is 9.92. The monoisotopic (exact) mass is 400 g/mol. The first-order valence-electron chi connectivity index (χ1n) is 9.75. The fraction of sp³-hybridized carbons (Fsp3) is 0.500. The summed E-state index contributed by atoms with van der Waals surface area (Å²) in [6.07, 6.45) is 0. The zero-order chi connectivity index (χ0) is 21.8. The van der Waals surface area contributed by atoms with Gasteiger partial charge in [0.25, 0.3) is 0 Å². The lowest BCUT2D eigenvalue weighted by molar-refractivity contribution is -0.133. The van der Waals surface area contributed by atoms with Crippen LogP contribution in [0.15, 0.2) is 24.3 Å². The van der Waals surface area contributed by atoms with Gasteiger partial charge in [-0.25, -0.2) is 4.68 Å². The summed E-state index contributed by atoms with van der Waals surface area (Å²) in [6.45, 7) is 12.4. The molecular formula is C22H32N4O3. The number of anilines is 1. The number of hydrogen-bond donors (Lipinski definition) is 1. The molecule has 7 nitrogen and oxygen atoms in total. The summed E-state index contributed by atoms with van der Waals surface area (Å²) >= 11 is 0. The number of benzene rings is 1. The van der Waals surface area contributed by atoms with Gasteiger partial charge in [-0.3, -0.25) is 9.59 Å². The maximum absolute atomic E-state index is 12.7.